The zero-order valence-electron chi connectivity index (χ0n) is 20.1. The van der Waals surface area contributed by atoms with Crippen LogP contribution in [0.2, 0.25) is 0 Å². The minimum Gasteiger partial charge on any atom is -0.391 e. The van der Waals surface area contributed by atoms with Crippen LogP contribution in [0.25, 0.3) is 5.65 Å². The lowest BCUT2D eigenvalue weighted by Crippen LogP contribution is -2.59. The van der Waals surface area contributed by atoms with Crippen LogP contribution in [-0.2, 0) is 4.74 Å². The van der Waals surface area contributed by atoms with E-state index in [-0.39, 0.29) is 29.2 Å². The van der Waals surface area contributed by atoms with E-state index in [0.717, 1.165) is 25.7 Å². The summed E-state index contributed by atoms with van der Waals surface area (Å²) < 4.78 is 8.69. The fourth-order valence-electron chi connectivity index (χ4n) is 5.02. The van der Waals surface area contributed by atoms with E-state index in [4.69, 9.17) is 4.74 Å². The maximum atomic E-state index is 13.2. The Bertz CT molecular complexity index is 1310. The van der Waals surface area contributed by atoms with Gasteiger partial charge in [-0.1, -0.05) is 0 Å². The van der Waals surface area contributed by atoms with Gasteiger partial charge in [-0.25, -0.2) is 4.98 Å². The van der Waals surface area contributed by atoms with Crippen LogP contribution in [0.15, 0.2) is 35.4 Å². The fourth-order valence-corrected chi connectivity index (χ4v) is 5.02. The zero-order valence-corrected chi connectivity index (χ0v) is 20.1. The van der Waals surface area contributed by atoms with Crippen molar-refractivity contribution < 1.29 is 14.6 Å². The lowest BCUT2D eigenvalue weighted by atomic mass is 9.76. The molecule has 2 aliphatic carbocycles. The molecule has 0 saturated heterocycles. The molecule has 35 heavy (non-hydrogen) atoms. The van der Waals surface area contributed by atoms with Crippen molar-refractivity contribution in [1.82, 2.24) is 24.5 Å². The number of carbonyl (C=O) groups is 1. The van der Waals surface area contributed by atoms with Gasteiger partial charge in [0.05, 0.1) is 30.0 Å². The molecule has 11 nitrogen and oxygen atoms in total. The van der Waals surface area contributed by atoms with Gasteiger partial charge in [0.15, 0.2) is 5.65 Å². The number of pyridine rings is 1. The number of hydrogen-bond donors (Lipinski definition) is 4. The van der Waals surface area contributed by atoms with Crippen LogP contribution in [-0.4, -0.2) is 62.1 Å². The van der Waals surface area contributed by atoms with Gasteiger partial charge in [-0.3, -0.25) is 9.59 Å². The molecule has 3 aromatic rings. The topological polar surface area (TPSA) is 135 Å². The molecule has 1 amide bonds. The zero-order chi connectivity index (χ0) is 24.7. The molecule has 186 valence electrons. The standard InChI is InChI=1S/C24H31N7O4/c1-24(35-3)10-9-18(24)28-22(33)14-13-26-31-20(25-2)12-19(29-21(14)31)27-15-6-5-11-30(23(15)34)16-7-4-8-17(16)32/h5-6,11-13,16-18,25,32H,4,7-10H2,1-3H3,(H,27,29)(H,28,33)/t16-,17+,18-,24-/m0/s1. The normalized spacial score (nSPS) is 25.9. The number of hydrogen-bond acceptors (Lipinski definition) is 8. The van der Waals surface area contributed by atoms with Crippen molar-refractivity contribution in [2.75, 3.05) is 24.8 Å². The van der Waals surface area contributed by atoms with Gasteiger partial charge in [-0.05, 0) is 51.2 Å². The van der Waals surface area contributed by atoms with Crippen LogP contribution >= 0.6 is 0 Å². The number of rotatable bonds is 7. The van der Waals surface area contributed by atoms with Crippen LogP contribution in [0.1, 0.15) is 55.4 Å². The van der Waals surface area contributed by atoms with Gasteiger partial charge < -0.3 is 30.4 Å². The highest BCUT2D eigenvalue weighted by molar-refractivity contribution is 6.00. The summed E-state index contributed by atoms with van der Waals surface area (Å²) in [6, 6.07) is 4.85. The van der Waals surface area contributed by atoms with Crippen LogP contribution in [0, 0.1) is 0 Å². The van der Waals surface area contributed by atoms with Gasteiger partial charge in [0.2, 0.25) is 0 Å². The van der Waals surface area contributed by atoms with Crippen LogP contribution in [0.4, 0.5) is 17.3 Å². The first-order valence-electron chi connectivity index (χ1n) is 11.9. The summed E-state index contributed by atoms with van der Waals surface area (Å²) >= 11 is 0. The van der Waals surface area contributed by atoms with Crippen molar-refractivity contribution >= 4 is 28.9 Å². The number of aromatic nitrogens is 4. The van der Waals surface area contributed by atoms with Crippen LogP contribution in [0.5, 0.6) is 0 Å². The summed E-state index contributed by atoms with van der Waals surface area (Å²) in [6.45, 7) is 1.98. The molecule has 3 heterocycles. The van der Waals surface area contributed by atoms with E-state index >= 15 is 0 Å². The number of ether oxygens (including phenoxy) is 1. The maximum Gasteiger partial charge on any atom is 0.274 e. The molecule has 0 aromatic carbocycles. The van der Waals surface area contributed by atoms with Crippen molar-refractivity contribution in [1.29, 1.82) is 0 Å². The van der Waals surface area contributed by atoms with Crippen LogP contribution < -0.4 is 21.5 Å². The Morgan fingerprint density at radius 1 is 1.31 bits per heavy atom. The Balaban J connectivity index is 1.46. The quantitative estimate of drug-likeness (QED) is 0.403. The van der Waals surface area contributed by atoms with Gasteiger partial charge in [0.25, 0.3) is 11.5 Å². The first-order valence-corrected chi connectivity index (χ1v) is 11.9. The van der Waals surface area contributed by atoms with Crippen molar-refractivity contribution in [3.8, 4) is 0 Å². The van der Waals surface area contributed by atoms with Gasteiger partial charge >= 0.3 is 0 Å². The number of methoxy groups -OCH3 is 1. The van der Waals surface area contributed by atoms with Crippen molar-refractivity contribution in [2.24, 2.45) is 0 Å². The molecule has 5 rings (SSSR count). The summed E-state index contributed by atoms with van der Waals surface area (Å²) in [7, 11) is 3.40. The second-order valence-electron chi connectivity index (χ2n) is 9.48. The summed E-state index contributed by atoms with van der Waals surface area (Å²) in [5.41, 5.74) is 0.408. The Kier molecular flexibility index (Phi) is 5.97. The Morgan fingerprint density at radius 2 is 2.14 bits per heavy atom. The second-order valence-corrected chi connectivity index (χ2v) is 9.48. The number of nitrogens with one attached hydrogen (secondary N) is 3. The van der Waals surface area contributed by atoms with E-state index in [1.807, 2.05) is 6.92 Å². The third kappa shape index (κ3) is 4.04. The SMILES string of the molecule is CNc1cc(Nc2cccn([C@H]3CCC[C@H]3O)c2=O)nc2c(C(=O)N[C@H]3CC[C@]3(C)OC)cnn12. The molecule has 0 radical (unpaired) electrons. The average Bonchev–Trinajstić information content (AvgIpc) is 3.48. The van der Waals surface area contributed by atoms with Gasteiger partial charge in [0.1, 0.15) is 22.9 Å². The molecule has 0 spiro atoms. The number of nitrogens with zero attached hydrogens (tertiary/aromatic N) is 4. The molecule has 2 saturated carbocycles. The predicted octanol–water partition coefficient (Wildman–Crippen LogP) is 2.06. The molecule has 4 atom stereocenters. The first kappa shape index (κ1) is 23.3. The highest BCUT2D eigenvalue weighted by atomic mass is 16.5. The highest BCUT2D eigenvalue weighted by Crippen LogP contribution is 2.35. The predicted molar refractivity (Wildman–Crippen MR) is 131 cm³/mol. The Hall–Kier alpha value is -3.44. The minimum atomic E-state index is -0.531. The Labute approximate surface area is 202 Å². The number of aliphatic hydroxyl groups is 1. The first-order chi connectivity index (χ1) is 16.8. The molecule has 3 aromatic heterocycles. The summed E-state index contributed by atoms with van der Waals surface area (Å²) in [5.74, 6) is 0.713. The molecule has 0 unspecified atom stereocenters. The Morgan fingerprint density at radius 3 is 2.80 bits per heavy atom. The fraction of sp³-hybridized carbons (Fsp3) is 0.500. The van der Waals surface area contributed by atoms with Crippen molar-refractivity contribution in [2.45, 2.75) is 62.8 Å². The lowest BCUT2D eigenvalue weighted by Gasteiger charge is -2.45. The van der Waals surface area contributed by atoms with E-state index < -0.39 is 6.10 Å². The monoisotopic (exact) mass is 481 g/mol. The van der Waals surface area contributed by atoms with E-state index in [2.05, 4.69) is 26.0 Å². The van der Waals surface area contributed by atoms with Gasteiger partial charge in [0, 0.05) is 26.4 Å². The summed E-state index contributed by atoms with van der Waals surface area (Å²) in [6.07, 6.45) is 6.72. The third-order valence-corrected chi connectivity index (χ3v) is 7.45. The highest BCUT2D eigenvalue weighted by Gasteiger charge is 2.44. The molecule has 2 aliphatic rings. The number of aliphatic hydroxyl groups excluding tert-OH is 1. The van der Waals surface area contributed by atoms with Gasteiger partial charge in [-0.2, -0.15) is 9.61 Å². The van der Waals surface area contributed by atoms with E-state index in [1.54, 1.807) is 47.6 Å². The average molecular weight is 482 g/mol. The largest absolute Gasteiger partial charge is 0.391 e. The summed E-state index contributed by atoms with van der Waals surface area (Å²) in [5, 5.41) is 23.8. The number of carbonyl (C=O) groups excluding carboxylic acids is 1. The second kappa shape index (κ2) is 8.97. The van der Waals surface area contributed by atoms with Crippen LogP contribution in [0.3, 0.4) is 0 Å². The molecule has 4 N–H and O–H groups in total. The molecule has 0 bridgehead atoms. The number of fused-ring (bicyclic) bond motifs is 1. The molecular weight excluding hydrogens is 450 g/mol. The minimum absolute atomic E-state index is 0.0891. The lowest BCUT2D eigenvalue weighted by molar-refractivity contribution is -0.0828. The van der Waals surface area contributed by atoms with E-state index in [9.17, 15) is 14.7 Å². The molecule has 0 aliphatic heterocycles. The number of amides is 1. The smallest absolute Gasteiger partial charge is 0.274 e. The van der Waals surface area contributed by atoms with Crippen molar-refractivity contribution in [3.63, 3.8) is 0 Å². The molecular formula is C24H31N7O4. The number of anilines is 3. The van der Waals surface area contributed by atoms with E-state index in [0.29, 0.717) is 35.0 Å². The summed E-state index contributed by atoms with van der Waals surface area (Å²) in [4.78, 5) is 30.9. The molecule has 2 fully saturated rings. The van der Waals surface area contributed by atoms with Crippen molar-refractivity contribution in [3.05, 3.63) is 46.5 Å². The van der Waals surface area contributed by atoms with E-state index in [1.165, 1.54) is 6.20 Å². The molecule has 11 heteroatoms. The van der Waals surface area contributed by atoms with Gasteiger partial charge in [-0.15, -0.1) is 0 Å². The maximum absolute atomic E-state index is 13.2. The third-order valence-electron chi connectivity index (χ3n) is 7.45.